The lowest BCUT2D eigenvalue weighted by Gasteiger charge is -2.27. The number of nitro benzene ring substituents is 1. The zero-order valence-corrected chi connectivity index (χ0v) is 18.6. The van der Waals surface area contributed by atoms with Crippen LogP contribution in [0.2, 0.25) is 0 Å². The topological polar surface area (TPSA) is 130 Å². The molecule has 0 amide bonds. The van der Waals surface area contributed by atoms with Crippen LogP contribution in [0.5, 0.6) is 0 Å². The Morgan fingerprint density at radius 1 is 0.969 bits per heavy atom. The van der Waals surface area contributed by atoms with Crippen molar-refractivity contribution in [2.45, 2.75) is 28.1 Å². The first kappa shape index (κ1) is 22.4. The average Bonchev–Trinajstić information content (AvgIpc) is 3.07. The van der Waals surface area contributed by atoms with Crippen LogP contribution in [0.25, 0.3) is 0 Å². The molecule has 0 saturated carbocycles. The zero-order chi connectivity index (χ0) is 22.9. The van der Waals surface area contributed by atoms with Gasteiger partial charge in [-0.15, -0.1) is 0 Å². The molecule has 3 aromatic rings. The third-order valence-electron chi connectivity index (χ3n) is 5.45. The summed E-state index contributed by atoms with van der Waals surface area (Å²) in [7, 11) is -7.06. The van der Waals surface area contributed by atoms with Crippen molar-refractivity contribution >= 4 is 26.1 Å². The van der Waals surface area contributed by atoms with E-state index in [4.69, 9.17) is 0 Å². The number of rotatable bonds is 7. The van der Waals surface area contributed by atoms with E-state index >= 15 is 0 Å². The van der Waals surface area contributed by atoms with Crippen LogP contribution >= 0.6 is 10.6 Å². The average molecular weight is 475 g/mol. The van der Waals surface area contributed by atoms with Crippen molar-refractivity contribution in [3.63, 3.8) is 0 Å². The monoisotopic (exact) mass is 474 g/mol. The highest BCUT2D eigenvalue weighted by molar-refractivity contribution is 8.25. The molecule has 1 aliphatic rings. The van der Waals surface area contributed by atoms with Gasteiger partial charge in [0.25, 0.3) is 5.69 Å². The Kier molecular flexibility index (Phi) is 6.06. The van der Waals surface area contributed by atoms with Gasteiger partial charge < -0.3 is 5.32 Å². The summed E-state index contributed by atoms with van der Waals surface area (Å²) in [4.78, 5) is 10.7. The molecule has 32 heavy (non-hydrogen) atoms. The fourth-order valence-electron chi connectivity index (χ4n) is 3.87. The highest BCUT2D eigenvalue weighted by atomic mass is 32.3. The van der Waals surface area contributed by atoms with Gasteiger partial charge in [0.1, 0.15) is 5.25 Å². The second-order valence-corrected chi connectivity index (χ2v) is 11.8. The van der Waals surface area contributed by atoms with E-state index in [0.717, 1.165) is 5.56 Å². The summed E-state index contributed by atoms with van der Waals surface area (Å²) in [5.74, 6) is -0.265. The molecule has 0 bridgehead atoms. The summed E-state index contributed by atoms with van der Waals surface area (Å²) in [6.45, 7) is 0.713. The summed E-state index contributed by atoms with van der Waals surface area (Å²) >= 11 is 0. The molecule has 0 saturated heterocycles. The maximum Gasteiger partial charge on any atom is 0.269 e. The van der Waals surface area contributed by atoms with Gasteiger partial charge >= 0.3 is 0 Å². The van der Waals surface area contributed by atoms with Crippen LogP contribution < -0.4 is 5.32 Å². The molecule has 0 aliphatic carbocycles. The predicted molar refractivity (Wildman–Crippen MR) is 122 cm³/mol. The Bertz CT molecular complexity index is 1250. The van der Waals surface area contributed by atoms with E-state index in [0.29, 0.717) is 24.2 Å². The first-order valence-corrected chi connectivity index (χ1v) is 13.1. The van der Waals surface area contributed by atoms with E-state index in [-0.39, 0.29) is 21.2 Å². The number of non-ortho nitro benzene ring substituents is 1. The second kappa shape index (κ2) is 8.64. The molecule has 0 spiro atoms. The van der Waals surface area contributed by atoms with E-state index in [9.17, 15) is 27.6 Å². The molecular formula is C22H22N2O6S2. The third-order valence-corrected chi connectivity index (χ3v) is 9.60. The highest BCUT2D eigenvalue weighted by Crippen LogP contribution is 2.62. The SMILES string of the molecule is O=[N+]([O-])c1ccc(CNCc2cccc3c2C(S(=O)(=O)c2ccccc2)CS3(O)O)cc1. The molecule has 0 fully saturated rings. The van der Waals surface area contributed by atoms with Crippen LogP contribution in [0, 0.1) is 10.1 Å². The van der Waals surface area contributed by atoms with Crippen molar-refractivity contribution in [3.05, 3.63) is 99.6 Å². The van der Waals surface area contributed by atoms with Crippen LogP contribution in [0.4, 0.5) is 5.69 Å². The number of benzene rings is 3. The normalized spacial score (nSPS) is 18.1. The Morgan fingerprint density at radius 2 is 1.66 bits per heavy atom. The van der Waals surface area contributed by atoms with E-state index in [1.54, 1.807) is 48.5 Å². The number of fused-ring (bicyclic) bond motifs is 1. The fourth-order valence-corrected chi connectivity index (χ4v) is 8.38. The number of hydrogen-bond acceptors (Lipinski definition) is 7. The van der Waals surface area contributed by atoms with Crippen molar-refractivity contribution in [3.8, 4) is 0 Å². The van der Waals surface area contributed by atoms with Crippen LogP contribution in [0.3, 0.4) is 0 Å². The lowest BCUT2D eigenvalue weighted by atomic mass is 10.0. The molecule has 1 aliphatic heterocycles. The minimum atomic E-state index is -3.83. The van der Waals surface area contributed by atoms with Gasteiger partial charge in [-0.25, -0.2) is 8.42 Å². The molecule has 4 rings (SSSR count). The minimum absolute atomic E-state index is 0.00814. The van der Waals surface area contributed by atoms with Crippen molar-refractivity contribution in [2.24, 2.45) is 0 Å². The molecule has 10 heteroatoms. The maximum absolute atomic E-state index is 13.3. The quantitative estimate of drug-likeness (QED) is 0.339. The number of sulfone groups is 1. The molecule has 8 nitrogen and oxygen atoms in total. The maximum atomic E-state index is 13.3. The van der Waals surface area contributed by atoms with Crippen LogP contribution in [0.15, 0.2) is 82.6 Å². The van der Waals surface area contributed by atoms with Crippen LogP contribution in [-0.2, 0) is 22.9 Å². The molecular weight excluding hydrogens is 452 g/mol. The number of nitro groups is 1. The van der Waals surface area contributed by atoms with Crippen molar-refractivity contribution in [2.75, 3.05) is 5.75 Å². The van der Waals surface area contributed by atoms with Crippen molar-refractivity contribution in [1.82, 2.24) is 5.32 Å². The molecule has 1 unspecified atom stereocenters. The largest absolute Gasteiger partial charge is 0.309 e. The highest BCUT2D eigenvalue weighted by Gasteiger charge is 2.44. The van der Waals surface area contributed by atoms with E-state index in [1.807, 2.05) is 0 Å². The first-order valence-electron chi connectivity index (χ1n) is 9.81. The van der Waals surface area contributed by atoms with Gasteiger partial charge in [-0.2, -0.15) is 10.6 Å². The Hall–Kier alpha value is -2.76. The fraction of sp³-hybridized carbons (Fsp3) is 0.182. The summed E-state index contributed by atoms with van der Waals surface area (Å²) in [6.07, 6.45) is 0. The van der Waals surface area contributed by atoms with Gasteiger partial charge in [0.2, 0.25) is 0 Å². The van der Waals surface area contributed by atoms with Gasteiger partial charge in [0.05, 0.1) is 20.5 Å². The summed E-state index contributed by atoms with van der Waals surface area (Å²) in [6, 6.07) is 19.2. The number of nitrogens with zero attached hydrogens (tertiary/aromatic N) is 1. The van der Waals surface area contributed by atoms with E-state index in [1.165, 1.54) is 24.3 Å². The van der Waals surface area contributed by atoms with Gasteiger partial charge in [-0.3, -0.25) is 19.2 Å². The van der Waals surface area contributed by atoms with Gasteiger partial charge in [0, 0.05) is 25.2 Å². The molecule has 168 valence electrons. The zero-order valence-electron chi connectivity index (χ0n) is 16.9. The second-order valence-electron chi connectivity index (χ2n) is 7.54. The van der Waals surface area contributed by atoms with Gasteiger partial charge in [-0.1, -0.05) is 42.5 Å². The van der Waals surface area contributed by atoms with Crippen LogP contribution in [-0.4, -0.2) is 28.2 Å². The Balaban J connectivity index is 1.60. The third kappa shape index (κ3) is 4.27. The van der Waals surface area contributed by atoms with E-state index in [2.05, 4.69) is 5.32 Å². The number of hydrogen-bond donors (Lipinski definition) is 3. The summed E-state index contributed by atoms with van der Waals surface area (Å²) in [5.41, 5.74) is 1.95. The Morgan fingerprint density at radius 3 is 2.31 bits per heavy atom. The molecule has 1 atom stereocenters. The van der Waals surface area contributed by atoms with Crippen molar-refractivity contribution < 1.29 is 22.4 Å². The van der Waals surface area contributed by atoms with Gasteiger partial charge in [-0.05, 0) is 34.9 Å². The van der Waals surface area contributed by atoms with E-state index < -0.39 is 30.6 Å². The Labute approximate surface area is 187 Å². The molecule has 1 heterocycles. The predicted octanol–water partition coefficient (Wildman–Crippen LogP) is 4.52. The van der Waals surface area contributed by atoms with Crippen LogP contribution in [0.1, 0.15) is 21.9 Å². The standard InChI is InChI=1S/C22H22N2O6S2/c25-24(26)18-11-9-16(10-12-18)13-23-14-17-5-4-8-20-22(17)21(15-31(20,27)28)32(29,30)19-6-2-1-3-7-19/h1-12,21,23,27-28H,13-15H2. The minimum Gasteiger partial charge on any atom is -0.309 e. The molecule has 3 N–H and O–H groups in total. The lowest BCUT2D eigenvalue weighted by Crippen LogP contribution is -2.19. The van der Waals surface area contributed by atoms with Crippen molar-refractivity contribution in [1.29, 1.82) is 0 Å². The van der Waals surface area contributed by atoms with Gasteiger partial charge in [0.15, 0.2) is 9.84 Å². The summed E-state index contributed by atoms with van der Waals surface area (Å²) < 4.78 is 47.9. The summed E-state index contributed by atoms with van der Waals surface area (Å²) in [5, 5.41) is 13.0. The number of nitrogens with one attached hydrogen (secondary N) is 1. The lowest BCUT2D eigenvalue weighted by molar-refractivity contribution is -0.384. The first-order chi connectivity index (χ1) is 15.2. The molecule has 3 aromatic carbocycles. The molecule has 0 radical (unpaired) electrons. The molecule has 0 aromatic heterocycles. The smallest absolute Gasteiger partial charge is 0.269 e.